The molecule has 3 aromatic carbocycles. The number of anilines is 1. The number of aliphatic hydroxyl groups excluding tert-OH is 1. The summed E-state index contributed by atoms with van der Waals surface area (Å²) in [5.41, 5.74) is 1.69. The van der Waals surface area contributed by atoms with E-state index in [0.29, 0.717) is 52.2 Å². The largest absolute Gasteiger partial charge is 0.507 e. The summed E-state index contributed by atoms with van der Waals surface area (Å²) in [7, 11) is 1.58. The number of rotatable bonds is 4. The van der Waals surface area contributed by atoms with Gasteiger partial charge in [-0.3, -0.25) is 14.5 Å². The van der Waals surface area contributed by atoms with Gasteiger partial charge in [-0.25, -0.2) is 4.98 Å². The number of ketones is 1. The van der Waals surface area contributed by atoms with Crippen LogP contribution in [0, 0.1) is 0 Å². The van der Waals surface area contributed by atoms with Gasteiger partial charge in [-0.05, 0) is 42.0 Å². The molecule has 1 aromatic heterocycles. The van der Waals surface area contributed by atoms with E-state index in [0.717, 1.165) is 4.70 Å². The average molecular weight is 501 g/mol. The van der Waals surface area contributed by atoms with Crippen molar-refractivity contribution in [2.24, 2.45) is 0 Å². The second-order valence-electron chi connectivity index (χ2n) is 8.27. The number of methoxy groups -OCH3 is 1. The van der Waals surface area contributed by atoms with Crippen LogP contribution in [0.3, 0.4) is 0 Å². The topological polar surface area (TPSA) is 98.2 Å². The van der Waals surface area contributed by atoms with Crippen molar-refractivity contribution in [2.45, 2.75) is 6.04 Å². The summed E-state index contributed by atoms with van der Waals surface area (Å²) in [6.07, 6.45) is 0. The number of amides is 1. The van der Waals surface area contributed by atoms with Crippen molar-refractivity contribution in [2.75, 3.05) is 25.2 Å². The van der Waals surface area contributed by atoms with Gasteiger partial charge in [0.1, 0.15) is 24.7 Å². The minimum atomic E-state index is -0.859. The van der Waals surface area contributed by atoms with Gasteiger partial charge in [-0.15, -0.1) is 0 Å². The first-order valence-electron chi connectivity index (χ1n) is 11.3. The van der Waals surface area contributed by atoms with Crippen molar-refractivity contribution in [1.82, 2.24) is 4.98 Å². The lowest BCUT2D eigenvalue weighted by molar-refractivity contribution is -0.132. The van der Waals surface area contributed by atoms with Crippen LogP contribution in [0.2, 0.25) is 0 Å². The lowest BCUT2D eigenvalue weighted by atomic mass is 9.95. The molecule has 0 bridgehead atoms. The van der Waals surface area contributed by atoms with E-state index in [1.54, 1.807) is 37.4 Å². The van der Waals surface area contributed by atoms with E-state index in [-0.39, 0.29) is 11.3 Å². The van der Waals surface area contributed by atoms with Crippen LogP contribution in [0.15, 0.2) is 72.3 Å². The van der Waals surface area contributed by atoms with Crippen LogP contribution in [0.4, 0.5) is 5.13 Å². The molecule has 2 aliphatic heterocycles. The van der Waals surface area contributed by atoms with E-state index in [1.165, 1.54) is 16.2 Å². The van der Waals surface area contributed by atoms with E-state index in [9.17, 15) is 14.7 Å². The number of ether oxygens (including phenoxy) is 3. The summed E-state index contributed by atoms with van der Waals surface area (Å²) in [5, 5.41) is 11.7. The quantitative estimate of drug-likeness (QED) is 0.246. The number of fused-ring (bicyclic) bond motifs is 2. The van der Waals surface area contributed by atoms with E-state index < -0.39 is 17.7 Å². The zero-order valence-corrected chi connectivity index (χ0v) is 20.0. The van der Waals surface area contributed by atoms with Gasteiger partial charge in [0, 0.05) is 5.56 Å². The predicted octanol–water partition coefficient (Wildman–Crippen LogP) is 4.70. The maximum Gasteiger partial charge on any atom is 0.301 e. The summed E-state index contributed by atoms with van der Waals surface area (Å²) < 4.78 is 17.3. The van der Waals surface area contributed by atoms with Crippen LogP contribution >= 0.6 is 11.3 Å². The molecule has 0 radical (unpaired) electrons. The maximum atomic E-state index is 13.4. The van der Waals surface area contributed by atoms with Crippen LogP contribution in [-0.2, 0) is 9.59 Å². The molecule has 4 aromatic rings. The molecule has 0 aliphatic carbocycles. The highest BCUT2D eigenvalue weighted by Crippen LogP contribution is 2.45. The van der Waals surface area contributed by atoms with Crippen LogP contribution < -0.4 is 19.1 Å². The fraction of sp³-hybridized carbons (Fsp3) is 0.148. The molecule has 1 N–H and O–H groups in total. The van der Waals surface area contributed by atoms with Crippen LogP contribution in [0.5, 0.6) is 17.2 Å². The first-order chi connectivity index (χ1) is 17.5. The van der Waals surface area contributed by atoms with E-state index in [4.69, 9.17) is 14.2 Å². The minimum Gasteiger partial charge on any atom is -0.507 e. The molecular formula is C27H20N2O6S. The monoisotopic (exact) mass is 500 g/mol. The molecule has 36 heavy (non-hydrogen) atoms. The van der Waals surface area contributed by atoms with Gasteiger partial charge in [-0.2, -0.15) is 0 Å². The number of carbonyl (C=O) groups excluding carboxylic acids is 2. The number of hydrogen-bond donors (Lipinski definition) is 1. The first-order valence-corrected chi connectivity index (χ1v) is 12.1. The van der Waals surface area contributed by atoms with Crippen molar-refractivity contribution in [3.63, 3.8) is 0 Å². The van der Waals surface area contributed by atoms with Gasteiger partial charge in [0.15, 0.2) is 16.6 Å². The molecule has 1 saturated heterocycles. The Morgan fingerprint density at radius 3 is 2.58 bits per heavy atom. The number of hydrogen-bond acceptors (Lipinski definition) is 8. The first kappa shape index (κ1) is 22.1. The summed E-state index contributed by atoms with van der Waals surface area (Å²) in [6, 6.07) is 18.6. The van der Waals surface area contributed by atoms with Crippen LogP contribution in [0.1, 0.15) is 17.2 Å². The second kappa shape index (κ2) is 8.69. The SMILES string of the molecule is COc1ccc2nc(N3C(=O)C(=O)C(=C(O)c4ccc5c(c4)OCCO5)[C@@H]3c3ccccc3)sc2c1. The van der Waals surface area contributed by atoms with Crippen molar-refractivity contribution in [3.8, 4) is 17.2 Å². The molecule has 1 atom stereocenters. The molecule has 0 unspecified atom stereocenters. The maximum absolute atomic E-state index is 13.4. The molecule has 1 amide bonds. The van der Waals surface area contributed by atoms with Crippen molar-refractivity contribution < 1.29 is 28.9 Å². The van der Waals surface area contributed by atoms with Gasteiger partial charge in [0.25, 0.3) is 5.78 Å². The molecule has 8 nitrogen and oxygen atoms in total. The van der Waals surface area contributed by atoms with Crippen LogP contribution in [-0.4, -0.2) is 42.1 Å². The molecule has 6 rings (SSSR count). The molecule has 0 spiro atoms. The highest BCUT2D eigenvalue weighted by molar-refractivity contribution is 7.22. The Kier molecular flexibility index (Phi) is 5.34. The van der Waals surface area contributed by atoms with Crippen LogP contribution in [0.25, 0.3) is 16.0 Å². The Bertz CT molecular complexity index is 1540. The smallest absolute Gasteiger partial charge is 0.301 e. The molecule has 1 fully saturated rings. The Morgan fingerprint density at radius 1 is 1.03 bits per heavy atom. The number of aliphatic hydroxyl groups is 1. The number of nitrogens with zero attached hydrogens (tertiary/aromatic N) is 2. The third kappa shape index (κ3) is 3.56. The fourth-order valence-corrected chi connectivity index (χ4v) is 5.47. The molecule has 9 heteroatoms. The van der Waals surface area contributed by atoms with Gasteiger partial charge < -0.3 is 19.3 Å². The lowest BCUT2D eigenvalue weighted by Crippen LogP contribution is -2.29. The fourth-order valence-electron chi connectivity index (χ4n) is 4.45. The van der Waals surface area contributed by atoms with Gasteiger partial charge in [0.05, 0.1) is 28.9 Å². The average Bonchev–Trinajstić information content (AvgIpc) is 3.46. The number of benzene rings is 3. The Hall–Kier alpha value is -4.37. The Labute approximate surface area is 210 Å². The summed E-state index contributed by atoms with van der Waals surface area (Å²) in [4.78, 5) is 32.8. The van der Waals surface area contributed by atoms with Crippen molar-refractivity contribution in [3.05, 3.63) is 83.4 Å². The van der Waals surface area contributed by atoms with E-state index in [2.05, 4.69) is 4.98 Å². The second-order valence-corrected chi connectivity index (χ2v) is 9.28. The zero-order chi connectivity index (χ0) is 24.8. The summed E-state index contributed by atoms with van der Waals surface area (Å²) >= 11 is 1.28. The third-order valence-electron chi connectivity index (χ3n) is 6.17. The molecule has 2 aliphatic rings. The van der Waals surface area contributed by atoms with Gasteiger partial charge in [0.2, 0.25) is 0 Å². The molecule has 180 valence electrons. The zero-order valence-electron chi connectivity index (χ0n) is 19.1. The number of aromatic nitrogens is 1. The standard InChI is InChI=1S/C27H20N2O6S/c1-33-17-8-9-18-21(14-17)36-27(28-18)29-23(15-5-3-2-4-6-15)22(25(31)26(29)32)24(30)16-7-10-19-20(13-16)35-12-11-34-19/h2-10,13-14,23,30H,11-12H2,1H3/t23-/m0/s1. The summed E-state index contributed by atoms with van der Waals surface area (Å²) in [6.45, 7) is 0.819. The van der Waals surface area contributed by atoms with Crippen molar-refractivity contribution >= 4 is 44.1 Å². The van der Waals surface area contributed by atoms with Crippen molar-refractivity contribution in [1.29, 1.82) is 0 Å². The summed E-state index contributed by atoms with van der Waals surface area (Å²) in [5.74, 6) is -0.136. The Morgan fingerprint density at radius 2 is 1.81 bits per heavy atom. The normalized spacial score (nSPS) is 18.6. The lowest BCUT2D eigenvalue weighted by Gasteiger charge is -2.23. The third-order valence-corrected chi connectivity index (χ3v) is 7.18. The molecule has 3 heterocycles. The molecule has 0 saturated carbocycles. The minimum absolute atomic E-state index is 0.0142. The highest BCUT2D eigenvalue weighted by Gasteiger charge is 2.48. The Balaban J connectivity index is 1.52. The molecular weight excluding hydrogens is 480 g/mol. The predicted molar refractivity (Wildman–Crippen MR) is 135 cm³/mol. The van der Waals surface area contributed by atoms with E-state index in [1.807, 2.05) is 36.4 Å². The number of carbonyl (C=O) groups is 2. The van der Waals surface area contributed by atoms with Gasteiger partial charge in [-0.1, -0.05) is 41.7 Å². The van der Waals surface area contributed by atoms with E-state index >= 15 is 0 Å². The number of Topliss-reactive ketones (excluding diaryl/α,β-unsaturated/α-hetero) is 1. The van der Waals surface area contributed by atoms with Gasteiger partial charge >= 0.3 is 5.91 Å². The number of thiazole rings is 1. The highest BCUT2D eigenvalue weighted by atomic mass is 32.1.